The minimum absolute atomic E-state index is 0.0372. The molecule has 0 bridgehead atoms. The summed E-state index contributed by atoms with van der Waals surface area (Å²) < 4.78 is 11.3. The van der Waals surface area contributed by atoms with Gasteiger partial charge in [0.05, 0.1) is 23.8 Å². The van der Waals surface area contributed by atoms with Crippen LogP contribution in [0.3, 0.4) is 0 Å². The number of nitrogens with one attached hydrogen (secondary N) is 1. The molecule has 0 aliphatic carbocycles. The summed E-state index contributed by atoms with van der Waals surface area (Å²) in [5.41, 5.74) is 1.14. The molecule has 1 heterocycles. The summed E-state index contributed by atoms with van der Waals surface area (Å²) in [7, 11) is 3.09. The van der Waals surface area contributed by atoms with Crippen molar-refractivity contribution in [3.8, 4) is 11.5 Å². The number of amides is 1. The lowest BCUT2D eigenvalue weighted by Crippen LogP contribution is -2.07. The van der Waals surface area contributed by atoms with Gasteiger partial charge < -0.3 is 9.47 Å². The number of hydrogen-bond donors (Lipinski definition) is 1. The third-order valence-electron chi connectivity index (χ3n) is 3.63. The quantitative estimate of drug-likeness (QED) is 0.392. The summed E-state index contributed by atoms with van der Waals surface area (Å²) in [6, 6.07) is 9.54. The number of fused-ring (bicyclic) bond motifs is 1. The number of hydrogen-bond acceptors (Lipinski definition) is 7. The normalized spacial score (nSPS) is 10.9. The summed E-state index contributed by atoms with van der Waals surface area (Å²) in [4.78, 5) is 26.8. The molecule has 3 aromatic rings. The number of nitro groups is 1. The molecule has 138 valence electrons. The van der Waals surface area contributed by atoms with Crippen LogP contribution in [0.2, 0.25) is 0 Å². The van der Waals surface area contributed by atoms with Gasteiger partial charge in [0.2, 0.25) is 5.91 Å². The number of nitro benzene ring substituents is 1. The Kier molecular flexibility index (Phi) is 5.32. The molecule has 0 fully saturated rings. The number of methoxy groups -OCH3 is 2. The molecule has 9 heteroatoms. The van der Waals surface area contributed by atoms with Crippen LogP contribution in [0, 0.1) is 10.1 Å². The second kappa shape index (κ2) is 7.83. The largest absolute Gasteiger partial charge is 0.497 e. The molecule has 8 nitrogen and oxygen atoms in total. The smallest absolute Gasteiger partial charge is 0.270 e. The molecule has 1 aromatic heterocycles. The predicted molar refractivity (Wildman–Crippen MR) is 103 cm³/mol. The average Bonchev–Trinajstić information content (AvgIpc) is 3.07. The van der Waals surface area contributed by atoms with Gasteiger partial charge in [-0.2, -0.15) is 0 Å². The fourth-order valence-electron chi connectivity index (χ4n) is 2.36. The molecule has 0 spiro atoms. The molecule has 0 aliphatic rings. The molecule has 1 N–H and O–H groups in total. The van der Waals surface area contributed by atoms with Crippen LogP contribution in [0.25, 0.3) is 16.3 Å². The maximum atomic E-state index is 12.1. The van der Waals surface area contributed by atoms with E-state index in [4.69, 9.17) is 9.47 Å². The van der Waals surface area contributed by atoms with Crippen LogP contribution in [-0.4, -0.2) is 30.0 Å². The van der Waals surface area contributed by atoms with Gasteiger partial charge in [0, 0.05) is 24.3 Å². The monoisotopic (exact) mass is 385 g/mol. The Labute approximate surface area is 158 Å². The topological polar surface area (TPSA) is 104 Å². The predicted octanol–water partition coefficient (Wildman–Crippen LogP) is 3.87. The fraction of sp³-hybridized carbons (Fsp3) is 0.111. The Morgan fingerprint density at radius 2 is 2.07 bits per heavy atom. The van der Waals surface area contributed by atoms with Crippen molar-refractivity contribution in [2.24, 2.45) is 0 Å². The van der Waals surface area contributed by atoms with Gasteiger partial charge in [-0.3, -0.25) is 20.2 Å². The van der Waals surface area contributed by atoms with Crippen molar-refractivity contribution >= 4 is 44.4 Å². The van der Waals surface area contributed by atoms with Gasteiger partial charge >= 0.3 is 0 Å². The molecule has 3 rings (SSSR count). The fourth-order valence-corrected chi connectivity index (χ4v) is 3.28. The highest BCUT2D eigenvalue weighted by Gasteiger charge is 2.12. The molecule has 0 aliphatic heterocycles. The van der Waals surface area contributed by atoms with Gasteiger partial charge in [-0.25, -0.2) is 4.98 Å². The minimum Gasteiger partial charge on any atom is -0.497 e. The first-order valence-electron chi connectivity index (χ1n) is 7.76. The van der Waals surface area contributed by atoms with Crippen LogP contribution in [0.1, 0.15) is 5.56 Å². The van der Waals surface area contributed by atoms with Crippen LogP contribution in [-0.2, 0) is 4.79 Å². The standard InChI is InChI=1S/C18H15N3O5S/c1-25-13-9-14(26-2)17-15(10-13)27-18(20-17)19-16(22)7-6-11-4-3-5-12(8-11)21(23)24/h3-10H,1-2H3,(H,19,20,22). The van der Waals surface area contributed by atoms with Crippen LogP contribution >= 0.6 is 11.3 Å². The van der Waals surface area contributed by atoms with E-state index in [1.807, 2.05) is 6.07 Å². The number of benzene rings is 2. The van der Waals surface area contributed by atoms with Gasteiger partial charge in [0.25, 0.3) is 5.69 Å². The first-order valence-corrected chi connectivity index (χ1v) is 8.58. The summed E-state index contributed by atoms with van der Waals surface area (Å²) in [5, 5.41) is 13.9. The van der Waals surface area contributed by atoms with Crippen LogP contribution in [0.15, 0.2) is 42.5 Å². The number of non-ortho nitro benzene ring substituents is 1. The van der Waals surface area contributed by atoms with E-state index in [1.54, 1.807) is 25.3 Å². The highest BCUT2D eigenvalue weighted by molar-refractivity contribution is 7.22. The van der Waals surface area contributed by atoms with Crippen molar-refractivity contribution in [3.63, 3.8) is 0 Å². The zero-order valence-electron chi connectivity index (χ0n) is 14.5. The lowest BCUT2D eigenvalue weighted by molar-refractivity contribution is -0.384. The number of carbonyl (C=O) groups excluding carboxylic acids is 1. The molecule has 0 radical (unpaired) electrons. The maximum absolute atomic E-state index is 12.1. The number of aromatic nitrogens is 1. The van der Waals surface area contributed by atoms with Gasteiger partial charge in [0.1, 0.15) is 17.0 Å². The van der Waals surface area contributed by atoms with E-state index in [9.17, 15) is 14.9 Å². The number of carbonyl (C=O) groups is 1. The van der Waals surface area contributed by atoms with E-state index >= 15 is 0 Å². The molecule has 0 unspecified atom stereocenters. The van der Waals surface area contributed by atoms with E-state index in [-0.39, 0.29) is 5.69 Å². The van der Waals surface area contributed by atoms with E-state index in [1.165, 1.54) is 42.7 Å². The highest BCUT2D eigenvalue weighted by Crippen LogP contribution is 2.36. The molecular weight excluding hydrogens is 370 g/mol. The van der Waals surface area contributed by atoms with Gasteiger partial charge in [0.15, 0.2) is 5.13 Å². The summed E-state index contributed by atoms with van der Waals surface area (Å²) >= 11 is 1.29. The lowest BCUT2D eigenvalue weighted by Gasteiger charge is -2.03. The lowest BCUT2D eigenvalue weighted by atomic mass is 10.2. The Morgan fingerprint density at radius 1 is 1.26 bits per heavy atom. The first kappa shape index (κ1) is 18.3. The van der Waals surface area contributed by atoms with Gasteiger partial charge in [-0.1, -0.05) is 23.5 Å². The van der Waals surface area contributed by atoms with Crippen LogP contribution in [0.5, 0.6) is 11.5 Å². The molecule has 0 saturated carbocycles. The van der Waals surface area contributed by atoms with Crippen molar-refractivity contribution in [1.29, 1.82) is 0 Å². The molecule has 0 saturated heterocycles. The zero-order valence-corrected chi connectivity index (χ0v) is 15.3. The Bertz CT molecular complexity index is 1040. The van der Waals surface area contributed by atoms with E-state index in [0.29, 0.717) is 27.7 Å². The highest BCUT2D eigenvalue weighted by atomic mass is 32.1. The molecule has 2 aromatic carbocycles. The van der Waals surface area contributed by atoms with Crippen molar-refractivity contribution in [2.75, 3.05) is 19.5 Å². The Balaban J connectivity index is 1.78. The van der Waals surface area contributed by atoms with E-state index in [2.05, 4.69) is 10.3 Å². The SMILES string of the molecule is COc1cc(OC)c2nc(NC(=O)C=Cc3cccc([N+](=O)[O-])c3)sc2c1. The summed E-state index contributed by atoms with van der Waals surface area (Å²) in [6.07, 6.45) is 2.79. The van der Waals surface area contributed by atoms with E-state index in [0.717, 1.165) is 4.70 Å². The van der Waals surface area contributed by atoms with Crippen molar-refractivity contribution in [2.45, 2.75) is 0 Å². The third-order valence-corrected chi connectivity index (χ3v) is 4.55. The number of rotatable bonds is 6. The Hall–Kier alpha value is -3.46. The van der Waals surface area contributed by atoms with Crippen LogP contribution in [0.4, 0.5) is 10.8 Å². The molecule has 0 atom stereocenters. The Morgan fingerprint density at radius 3 is 2.78 bits per heavy atom. The van der Waals surface area contributed by atoms with Crippen molar-refractivity contribution in [1.82, 2.24) is 4.98 Å². The number of ether oxygens (including phenoxy) is 2. The molecule has 1 amide bonds. The zero-order chi connectivity index (χ0) is 19.4. The van der Waals surface area contributed by atoms with Gasteiger partial charge in [-0.05, 0) is 17.7 Å². The third kappa shape index (κ3) is 4.21. The van der Waals surface area contributed by atoms with Crippen molar-refractivity contribution in [3.05, 3.63) is 58.2 Å². The first-order chi connectivity index (χ1) is 13.0. The minimum atomic E-state index is -0.486. The second-order valence-corrected chi connectivity index (χ2v) is 6.40. The molecular formula is C18H15N3O5S. The van der Waals surface area contributed by atoms with E-state index < -0.39 is 10.8 Å². The number of anilines is 1. The van der Waals surface area contributed by atoms with Gasteiger partial charge in [-0.15, -0.1) is 0 Å². The van der Waals surface area contributed by atoms with Crippen LogP contribution < -0.4 is 14.8 Å². The average molecular weight is 385 g/mol. The summed E-state index contributed by atoms with van der Waals surface area (Å²) in [6.45, 7) is 0. The number of thiazole rings is 1. The summed E-state index contributed by atoms with van der Waals surface area (Å²) in [5.74, 6) is 0.783. The van der Waals surface area contributed by atoms with Crippen molar-refractivity contribution < 1.29 is 19.2 Å². The molecule has 27 heavy (non-hydrogen) atoms. The second-order valence-electron chi connectivity index (χ2n) is 5.37. The maximum Gasteiger partial charge on any atom is 0.270 e. The number of nitrogens with zero attached hydrogens (tertiary/aromatic N) is 2.